The van der Waals surface area contributed by atoms with E-state index in [9.17, 15) is 9.59 Å². The number of amides is 2. The van der Waals surface area contributed by atoms with Gasteiger partial charge in [-0.3, -0.25) is 9.59 Å². The number of anilines is 1. The number of hydrogen-bond acceptors (Lipinski definition) is 3. The number of para-hydroxylation sites is 1. The van der Waals surface area contributed by atoms with E-state index in [4.69, 9.17) is 16.3 Å². The van der Waals surface area contributed by atoms with Crippen LogP contribution in [0.15, 0.2) is 60.7 Å². The van der Waals surface area contributed by atoms with Crippen molar-refractivity contribution in [2.75, 3.05) is 4.90 Å². The Morgan fingerprint density at radius 3 is 2.19 bits per heavy atom. The van der Waals surface area contributed by atoms with Crippen molar-refractivity contribution >= 4 is 29.1 Å². The molecule has 2 amide bonds. The van der Waals surface area contributed by atoms with Crippen LogP contribution in [0, 0.1) is 23.7 Å². The van der Waals surface area contributed by atoms with E-state index in [0.29, 0.717) is 22.2 Å². The SMILES string of the molecule is O=C1[C@@H]2[C@H](C(=O)N1c1ccc(Oc3ccccc3)c(Cl)c1)[C@H]1C=C[C@H]2C1. The van der Waals surface area contributed by atoms with Crippen LogP contribution >= 0.6 is 11.6 Å². The summed E-state index contributed by atoms with van der Waals surface area (Å²) >= 11 is 6.36. The van der Waals surface area contributed by atoms with Crippen LogP contribution in [0.5, 0.6) is 11.5 Å². The molecule has 2 bridgehead atoms. The van der Waals surface area contributed by atoms with Crippen molar-refractivity contribution in [3.8, 4) is 11.5 Å². The zero-order valence-corrected chi connectivity index (χ0v) is 14.6. The highest BCUT2D eigenvalue weighted by Gasteiger charge is 2.59. The maximum Gasteiger partial charge on any atom is 0.238 e. The van der Waals surface area contributed by atoms with Crippen LogP contribution < -0.4 is 9.64 Å². The molecule has 0 N–H and O–H groups in total. The molecule has 1 saturated carbocycles. The summed E-state index contributed by atoms with van der Waals surface area (Å²) in [5.74, 6) is 0.919. The summed E-state index contributed by atoms with van der Waals surface area (Å²) in [5, 5.41) is 0.366. The summed E-state index contributed by atoms with van der Waals surface area (Å²) in [6.45, 7) is 0. The highest BCUT2D eigenvalue weighted by Crippen LogP contribution is 2.53. The fourth-order valence-electron chi connectivity index (χ4n) is 4.48. The molecule has 2 aliphatic carbocycles. The van der Waals surface area contributed by atoms with Crippen molar-refractivity contribution in [1.29, 1.82) is 0 Å². The molecule has 4 atom stereocenters. The van der Waals surface area contributed by atoms with Crippen LogP contribution in [-0.4, -0.2) is 11.8 Å². The van der Waals surface area contributed by atoms with Gasteiger partial charge in [-0.05, 0) is 48.6 Å². The number of nitrogens with zero attached hydrogens (tertiary/aromatic N) is 1. The second kappa shape index (κ2) is 5.71. The lowest BCUT2D eigenvalue weighted by Gasteiger charge is -2.18. The number of imide groups is 1. The van der Waals surface area contributed by atoms with E-state index in [1.165, 1.54) is 4.90 Å². The van der Waals surface area contributed by atoms with Gasteiger partial charge in [0.2, 0.25) is 11.8 Å². The smallest absolute Gasteiger partial charge is 0.238 e. The Bertz CT molecular complexity index is 910. The first-order chi connectivity index (χ1) is 12.6. The van der Waals surface area contributed by atoms with E-state index in [0.717, 1.165) is 6.42 Å². The zero-order chi connectivity index (χ0) is 17.8. The molecule has 0 aromatic heterocycles. The summed E-state index contributed by atoms with van der Waals surface area (Å²) in [6, 6.07) is 14.4. The molecular formula is C21H16ClNO3. The first-order valence-corrected chi connectivity index (χ1v) is 9.10. The molecule has 2 fully saturated rings. The quantitative estimate of drug-likeness (QED) is 0.596. The van der Waals surface area contributed by atoms with Crippen LogP contribution in [0.25, 0.3) is 0 Å². The van der Waals surface area contributed by atoms with E-state index in [1.54, 1.807) is 18.2 Å². The van der Waals surface area contributed by atoms with Gasteiger partial charge in [0.15, 0.2) is 0 Å². The topological polar surface area (TPSA) is 46.6 Å². The molecule has 0 unspecified atom stereocenters. The monoisotopic (exact) mass is 365 g/mol. The van der Waals surface area contributed by atoms with Gasteiger partial charge in [0.05, 0.1) is 22.5 Å². The van der Waals surface area contributed by atoms with Gasteiger partial charge in [0.25, 0.3) is 0 Å². The van der Waals surface area contributed by atoms with Crippen molar-refractivity contribution in [2.24, 2.45) is 23.7 Å². The lowest BCUT2D eigenvalue weighted by atomic mass is 9.85. The Hall–Kier alpha value is -2.59. The number of rotatable bonds is 3. The minimum Gasteiger partial charge on any atom is -0.456 e. The van der Waals surface area contributed by atoms with E-state index >= 15 is 0 Å². The van der Waals surface area contributed by atoms with Crippen molar-refractivity contribution in [3.05, 3.63) is 65.7 Å². The molecule has 5 rings (SSSR count). The molecule has 26 heavy (non-hydrogen) atoms. The second-order valence-corrected chi connectivity index (χ2v) is 7.45. The minimum atomic E-state index is -0.212. The Morgan fingerprint density at radius 1 is 0.923 bits per heavy atom. The average molecular weight is 366 g/mol. The summed E-state index contributed by atoms with van der Waals surface area (Å²) in [4.78, 5) is 27.0. The first-order valence-electron chi connectivity index (χ1n) is 8.72. The number of halogens is 1. The molecule has 0 radical (unpaired) electrons. The summed E-state index contributed by atoms with van der Waals surface area (Å²) in [7, 11) is 0. The number of ether oxygens (including phenoxy) is 1. The fourth-order valence-corrected chi connectivity index (χ4v) is 4.70. The van der Waals surface area contributed by atoms with Gasteiger partial charge < -0.3 is 4.74 Å². The molecule has 1 aliphatic heterocycles. The van der Waals surface area contributed by atoms with E-state index in [1.807, 2.05) is 30.3 Å². The fraction of sp³-hybridized carbons (Fsp3) is 0.238. The highest BCUT2D eigenvalue weighted by atomic mass is 35.5. The average Bonchev–Trinajstić information content (AvgIpc) is 3.32. The van der Waals surface area contributed by atoms with Crippen LogP contribution in [0.1, 0.15) is 6.42 Å². The predicted octanol–water partition coefficient (Wildman–Crippen LogP) is 4.44. The molecule has 3 aliphatic rings. The molecule has 1 saturated heterocycles. The Balaban J connectivity index is 1.44. The Kier molecular flexibility index (Phi) is 3.44. The van der Waals surface area contributed by atoms with Gasteiger partial charge in [0, 0.05) is 0 Å². The number of carbonyl (C=O) groups is 2. The molecule has 0 spiro atoms. The van der Waals surface area contributed by atoms with E-state index in [2.05, 4.69) is 12.2 Å². The maximum absolute atomic E-state index is 12.9. The number of hydrogen-bond donors (Lipinski definition) is 0. The van der Waals surface area contributed by atoms with Gasteiger partial charge in [-0.25, -0.2) is 4.90 Å². The van der Waals surface area contributed by atoms with Crippen LogP contribution in [-0.2, 0) is 9.59 Å². The van der Waals surface area contributed by atoms with E-state index in [-0.39, 0.29) is 35.5 Å². The molecular weight excluding hydrogens is 350 g/mol. The Labute approximate surface area is 156 Å². The molecule has 2 aromatic rings. The summed E-state index contributed by atoms with van der Waals surface area (Å²) in [5.41, 5.74) is 0.513. The molecule has 1 heterocycles. The van der Waals surface area contributed by atoms with Gasteiger partial charge in [0.1, 0.15) is 11.5 Å². The molecule has 4 nitrogen and oxygen atoms in total. The molecule has 2 aromatic carbocycles. The largest absolute Gasteiger partial charge is 0.456 e. The Morgan fingerprint density at radius 2 is 1.58 bits per heavy atom. The highest BCUT2D eigenvalue weighted by molar-refractivity contribution is 6.33. The number of allylic oxidation sites excluding steroid dienone is 2. The van der Waals surface area contributed by atoms with Crippen molar-refractivity contribution in [2.45, 2.75) is 6.42 Å². The van der Waals surface area contributed by atoms with Gasteiger partial charge in [-0.2, -0.15) is 0 Å². The van der Waals surface area contributed by atoms with E-state index < -0.39 is 0 Å². The second-order valence-electron chi connectivity index (χ2n) is 7.04. The molecule has 130 valence electrons. The van der Waals surface area contributed by atoms with Crippen LogP contribution in [0.3, 0.4) is 0 Å². The third-order valence-electron chi connectivity index (χ3n) is 5.62. The number of carbonyl (C=O) groups excluding carboxylic acids is 2. The zero-order valence-electron chi connectivity index (χ0n) is 13.8. The normalized spacial score (nSPS) is 28.7. The lowest BCUT2D eigenvalue weighted by molar-refractivity contribution is -0.123. The van der Waals surface area contributed by atoms with Crippen molar-refractivity contribution < 1.29 is 14.3 Å². The van der Waals surface area contributed by atoms with Gasteiger partial charge in [-0.1, -0.05) is 42.0 Å². The predicted molar refractivity (Wildman–Crippen MR) is 98.2 cm³/mol. The number of benzene rings is 2. The van der Waals surface area contributed by atoms with Crippen LogP contribution in [0.4, 0.5) is 5.69 Å². The van der Waals surface area contributed by atoms with Crippen molar-refractivity contribution in [3.63, 3.8) is 0 Å². The first kappa shape index (κ1) is 15.6. The van der Waals surface area contributed by atoms with Crippen LogP contribution in [0.2, 0.25) is 5.02 Å². The summed E-state index contributed by atoms with van der Waals surface area (Å²) < 4.78 is 5.77. The third kappa shape index (κ3) is 2.22. The van der Waals surface area contributed by atoms with Crippen molar-refractivity contribution in [1.82, 2.24) is 0 Å². The molecule has 5 heteroatoms. The van der Waals surface area contributed by atoms with Gasteiger partial charge in [-0.15, -0.1) is 0 Å². The third-order valence-corrected chi connectivity index (χ3v) is 5.91. The summed E-state index contributed by atoms with van der Waals surface area (Å²) in [6.07, 6.45) is 5.10. The minimum absolute atomic E-state index is 0.107. The number of fused-ring (bicyclic) bond motifs is 5. The maximum atomic E-state index is 12.9. The lowest BCUT2D eigenvalue weighted by Crippen LogP contribution is -2.32. The van der Waals surface area contributed by atoms with Gasteiger partial charge >= 0.3 is 0 Å². The standard InChI is InChI=1S/C21H16ClNO3/c22-16-11-14(8-9-17(16)26-15-4-2-1-3-5-15)23-20(24)18-12-6-7-13(10-12)19(18)21(23)25/h1-9,11-13,18-19H,10H2/t12-,13-,18-,19+/m0/s1.